The minimum atomic E-state index is -0.677. The highest BCUT2D eigenvalue weighted by Crippen LogP contribution is 2.44. The zero-order chi connectivity index (χ0) is 18.4. The molecule has 0 N–H and O–H groups in total. The first-order valence-corrected chi connectivity index (χ1v) is 10.2. The zero-order valence-corrected chi connectivity index (χ0v) is 16.0. The lowest BCUT2D eigenvalue weighted by Crippen LogP contribution is -2.37. The minimum absolute atomic E-state index is 0.162. The van der Waals surface area contributed by atoms with E-state index in [0.717, 1.165) is 58.0 Å². The molecule has 1 unspecified atom stereocenters. The van der Waals surface area contributed by atoms with Crippen LogP contribution in [-0.2, 0) is 22.3 Å². The fraction of sp³-hybridized carbons (Fsp3) is 0.440. The van der Waals surface area contributed by atoms with Gasteiger partial charge in [0.1, 0.15) is 0 Å². The highest BCUT2D eigenvalue weighted by Gasteiger charge is 2.49. The van der Waals surface area contributed by atoms with Gasteiger partial charge in [-0.25, -0.2) is 0 Å². The monoisotopic (exact) mass is 360 g/mol. The van der Waals surface area contributed by atoms with E-state index in [1.165, 1.54) is 11.1 Å². The molecule has 2 aromatic carbocycles. The van der Waals surface area contributed by atoms with Crippen LogP contribution in [0.1, 0.15) is 49.7 Å². The van der Waals surface area contributed by atoms with Gasteiger partial charge in [0.25, 0.3) is 0 Å². The lowest BCUT2D eigenvalue weighted by molar-refractivity contribution is -0.218. The van der Waals surface area contributed by atoms with E-state index in [2.05, 4.69) is 72.5 Å². The standard InChI is InChI=1S/C25H28O2/c1-4-10-22(11-5-1)14-17-24(18-15-23-12-6-2-7-13-23)19-20-25(27-24)16-8-3-9-21-26-25/h1-2,4-7,10-13H,3,9,14-15,17-21H2. The number of hydrogen-bond acceptors (Lipinski definition) is 2. The summed E-state index contributed by atoms with van der Waals surface area (Å²) in [5, 5.41) is 0. The number of ether oxygens (including phenoxy) is 2. The Labute approximate surface area is 162 Å². The average molecular weight is 360 g/mol. The summed E-state index contributed by atoms with van der Waals surface area (Å²) < 4.78 is 12.8. The number of aryl methyl sites for hydroxylation is 2. The largest absolute Gasteiger partial charge is 0.340 e. The van der Waals surface area contributed by atoms with Crippen molar-refractivity contribution in [2.75, 3.05) is 6.61 Å². The molecule has 0 saturated carbocycles. The van der Waals surface area contributed by atoms with Crippen molar-refractivity contribution in [3.63, 3.8) is 0 Å². The van der Waals surface area contributed by atoms with Gasteiger partial charge in [-0.1, -0.05) is 66.6 Å². The summed E-state index contributed by atoms with van der Waals surface area (Å²) in [4.78, 5) is 0. The highest BCUT2D eigenvalue weighted by molar-refractivity contribution is 5.20. The van der Waals surface area contributed by atoms with Crippen LogP contribution in [0, 0.1) is 11.8 Å². The summed E-state index contributed by atoms with van der Waals surface area (Å²) in [7, 11) is 0. The van der Waals surface area contributed by atoms with Gasteiger partial charge in [-0.05, 0) is 55.6 Å². The number of benzene rings is 2. The SMILES string of the molecule is C1#CC2(CCC(CCc3ccccc3)(CCc3ccccc3)O2)OCCC1. The molecule has 2 aliphatic heterocycles. The summed E-state index contributed by atoms with van der Waals surface area (Å²) >= 11 is 0. The Morgan fingerprint density at radius 1 is 0.815 bits per heavy atom. The van der Waals surface area contributed by atoms with Gasteiger partial charge < -0.3 is 9.47 Å². The summed E-state index contributed by atoms with van der Waals surface area (Å²) in [5.74, 6) is 5.90. The lowest BCUT2D eigenvalue weighted by atomic mass is 9.86. The molecular weight excluding hydrogens is 332 g/mol. The van der Waals surface area contributed by atoms with Gasteiger partial charge in [0, 0.05) is 12.8 Å². The lowest BCUT2D eigenvalue weighted by Gasteiger charge is -2.33. The van der Waals surface area contributed by atoms with Crippen molar-refractivity contribution >= 4 is 0 Å². The molecule has 0 bridgehead atoms. The topological polar surface area (TPSA) is 18.5 Å². The highest BCUT2D eigenvalue weighted by atomic mass is 16.7. The molecule has 1 saturated heterocycles. The third-order valence-corrected chi connectivity index (χ3v) is 5.78. The molecule has 140 valence electrons. The maximum atomic E-state index is 6.71. The van der Waals surface area contributed by atoms with Crippen LogP contribution in [-0.4, -0.2) is 18.0 Å². The van der Waals surface area contributed by atoms with Crippen molar-refractivity contribution in [1.29, 1.82) is 0 Å². The van der Waals surface area contributed by atoms with Crippen molar-refractivity contribution in [3.8, 4) is 11.8 Å². The molecule has 27 heavy (non-hydrogen) atoms. The third-order valence-electron chi connectivity index (χ3n) is 5.78. The van der Waals surface area contributed by atoms with Crippen molar-refractivity contribution < 1.29 is 9.47 Å². The van der Waals surface area contributed by atoms with E-state index in [1.807, 2.05) is 0 Å². The van der Waals surface area contributed by atoms with E-state index in [4.69, 9.17) is 9.47 Å². The van der Waals surface area contributed by atoms with Crippen molar-refractivity contribution in [1.82, 2.24) is 0 Å². The molecule has 0 amide bonds. The predicted octanol–water partition coefficient (Wildman–Crippen LogP) is 5.31. The van der Waals surface area contributed by atoms with Crippen LogP contribution in [0.15, 0.2) is 60.7 Å². The first-order valence-electron chi connectivity index (χ1n) is 10.2. The van der Waals surface area contributed by atoms with Crippen molar-refractivity contribution in [3.05, 3.63) is 71.8 Å². The van der Waals surface area contributed by atoms with Crippen LogP contribution in [0.3, 0.4) is 0 Å². The van der Waals surface area contributed by atoms with E-state index >= 15 is 0 Å². The summed E-state index contributed by atoms with van der Waals surface area (Å²) in [6.45, 7) is 0.730. The second-order valence-electron chi connectivity index (χ2n) is 7.76. The smallest absolute Gasteiger partial charge is 0.234 e. The van der Waals surface area contributed by atoms with Crippen LogP contribution in [0.4, 0.5) is 0 Å². The third kappa shape index (κ3) is 4.61. The van der Waals surface area contributed by atoms with Crippen LogP contribution in [0.5, 0.6) is 0 Å². The van der Waals surface area contributed by atoms with Gasteiger partial charge in [-0.15, -0.1) is 0 Å². The van der Waals surface area contributed by atoms with Crippen molar-refractivity contribution in [2.24, 2.45) is 0 Å². The first-order chi connectivity index (χ1) is 13.3. The van der Waals surface area contributed by atoms with Gasteiger partial charge in [-0.2, -0.15) is 0 Å². The van der Waals surface area contributed by atoms with Crippen LogP contribution < -0.4 is 0 Å². The molecule has 1 spiro atoms. The summed E-state index contributed by atoms with van der Waals surface area (Å²) in [5.41, 5.74) is 2.58. The second kappa shape index (κ2) is 8.30. The number of rotatable bonds is 6. The fourth-order valence-corrected chi connectivity index (χ4v) is 4.18. The molecule has 1 fully saturated rings. The van der Waals surface area contributed by atoms with E-state index < -0.39 is 5.79 Å². The van der Waals surface area contributed by atoms with Crippen molar-refractivity contribution in [2.45, 2.75) is 62.8 Å². The summed E-state index contributed by atoms with van der Waals surface area (Å²) in [6, 6.07) is 21.4. The van der Waals surface area contributed by atoms with Gasteiger partial charge in [0.2, 0.25) is 5.79 Å². The van der Waals surface area contributed by atoms with E-state index in [9.17, 15) is 0 Å². The van der Waals surface area contributed by atoms with E-state index in [-0.39, 0.29) is 5.60 Å². The molecule has 2 nitrogen and oxygen atoms in total. The molecule has 0 aromatic heterocycles. The Morgan fingerprint density at radius 2 is 1.44 bits per heavy atom. The predicted molar refractivity (Wildman–Crippen MR) is 108 cm³/mol. The minimum Gasteiger partial charge on any atom is -0.340 e. The molecule has 4 rings (SSSR count). The molecule has 2 aromatic rings. The van der Waals surface area contributed by atoms with Gasteiger partial charge in [-0.3, -0.25) is 0 Å². The van der Waals surface area contributed by atoms with E-state index in [1.54, 1.807) is 0 Å². The average Bonchev–Trinajstić information content (AvgIpc) is 2.92. The first kappa shape index (κ1) is 18.3. The van der Waals surface area contributed by atoms with Gasteiger partial charge >= 0.3 is 0 Å². The summed E-state index contributed by atoms with van der Waals surface area (Å²) in [6.07, 6.45) is 7.88. The Morgan fingerprint density at radius 3 is 2.07 bits per heavy atom. The van der Waals surface area contributed by atoms with Crippen LogP contribution >= 0.6 is 0 Å². The quantitative estimate of drug-likeness (QED) is 0.650. The van der Waals surface area contributed by atoms with E-state index in [0.29, 0.717) is 0 Å². The Kier molecular flexibility index (Phi) is 5.62. The number of hydrogen-bond donors (Lipinski definition) is 0. The molecule has 2 heteroatoms. The van der Waals surface area contributed by atoms with Crippen LogP contribution in [0.2, 0.25) is 0 Å². The molecular formula is C25H28O2. The molecule has 0 aliphatic carbocycles. The maximum absolute atomic E-state index is 6.71. The molecule has 2 heterocycles. The normalized spacial score (nSPS) is 23.6. The fourth-order valence-electron chi connectivity index (χ4n) is 4.18. The molecule has 2 aliphatic rings. The Balaban J connectivity index is 1.50. The molecule has 0 radical (unpaired) electrons. The Hall–Kier alpha value is -2.08. The molecule has 1 atom stereocenters. The van der Waals surface area contributed by atoms with Gasteiger partial charge in [0.05, 0.1) is 12.2 Å². The van der Waals surface area contributed by atoms with Gasteiger partial charge in [0.15, 0.2) is 0 Å². The van der Waals surface area contributed by atoms with Crippen LogP contribution in [0.25, 0.3) is 0 Å². The maximum Gasteiger partial charge on any atom is 0.234 e. The second-order valence-corrected chi connectivity index (χ2v) is 7.76. The zero-order valence-electron chi connectivity index (χ0n) is 16.0. The Bertz CT molecular complexity index is 744.